The van der Waals surface area contributed by atoms with Gasteiger partial charge in [0, 0.05) is 6.20 Å². The van der Waals surface area contributed by atoms with E-state index in [1.807, 2.05) is 12.1 Å². The topological polar surface area (TPSA) is 114 Å². The Kier molecular flexibility index (Phi) is 3.29. The molecule has 0 atom stereocenters. The number of rotatable bonds is 3. The van der Waals surface area contributed by atoms with Gasteiger partial charge in [0.15, 0.2) is 0 Å². The van der Waals surface area contributed by atoms with E-state index in [0.717, 1.165) is 0 Å². The molecule has 1 aromatic heterocycles. The summed E-state index contributed by atoms with van der Waals surface area (Å²) >= 11 is 0. The van der Waals surface area contributed by atoms with Crippen molar-refractivity contribution in [2.24, 2.45) is 0 Å². The molecule has 1 aromatic carbocycles. The lowest BCUT2D eigenvalue weighted by Crippen LogP contribution is -1.94. The number of aromatic nitrogens is 4. The Morgan fingerprint density at radius 2 is 2.17 bits per heavy atom. The lowest BCUT2D eigenvalue weighted by Gasteiger charge is -2.02. The van der Waals surface area contributed by atoms with Gasteiger partial charge in [-0.1, -0.05) is 12.1 Å². The maximum Gasteiger partial charge on any atom is 0.216 e. The van der Waals surface area contributed by atoms with Crippen LogP contribution in [0.2, 0.25) is 0 Å². The van der Waals surface area contributed by atoms with Gasteiger partial charge in [0.1, 0.15) is 17.7 Å². The molecule has 0 radical (unpaired) electrons. The minimum absolute atomic E-state index is 0.194. The summed E-state index contributed by atoms with van der Waals surface area (Å²) < 4.78 is 0. The van der Waals surface area contributed by atoms with Gasteiger partial charge < -0.3 is 5.32 Å². The maximum atomic E-state index is 8.96. The molecule has 0 aliphatic rings. The summed E-state index contributed by atoms with van der Waals surface area (Å²) in [4.78, 5) is 0. The van der Waals surface area contributed by atoms with Crippen molar-refractivity contribution in [1.29, 1.82) is 10.5 Å². The Hall–Kier alpha value is -3.19. The van der Waals surface area contributed by atoms with Gasteiger partial charge in [0.25, 0.3) is 0 Å². The summed E-state index contributed by atoms with van der Waals surface area (Å²) in [6.45, 7) is 0. The highest BCUT2D eigenvalue weighted by atomic mass is 15.5. The molecule has 0 amide bonds. The molecule has 18 heavy (non-hydrogen) atoms. The second-order valence-electron chi connectivity index (χ2n) is 3.21. The summed E-state index contributed by atoms with van der Waals surface area (Å²) in [5.41, 5.74) is 1.31. The fourth-order valence-electron chi connectivity index (χ4n) is 1.28. The largest absolute Gasteiger partial charge is 0.359 e. The highest BCUT2D eigenvalue weighted by Crippen LogP contribution is 2.15. The average molecular weight is 237 g/mol. The maximum absolute atomic E-state index is 8.96. The SMILES string of the molecule is N#CC(=CNc1ccccc1C#N)c1nn[nH]n1. The van der Waals surface area contributed by atoms with Crippen LogP contribution in [0, 0.1) is 22.7 Å². The predicted octanol–water partition coefficient (Wildman–Crippen LogP) is 1.05. The van der Waals surface area contributed by atoms with Gasteiger partial charge >= 0.3 is 0 Å². The van der Waals surface area contributed by atoms with Crippen LogP contribution in [0.1, 0.15) is 11.4 Å². The summed E-state index contributed by atoms with van der Waals surface area (Å²) in [6.07, 6.45) is 1.43. The number of hydrogen-bond acceptors (Lipinski definition) is 6. The zero-order chi connectivity index (χ0) is 12.8. The number of nitrogens with one attached hydrogen (secondary N) is 2. The van der Waals surface area contributed by atoms with Crippen molar-refractivity contribution < 1.29 is 0 Å². The Bertz CT molecular complexity index is 643. The van der Waals surface area contributed by atoms with Crippen LogP contribution in [0.3, 0.4) is 0 Å². The minimum Gasteiger partial charge on any atom is -0.359 e. The highest BCUT2D eigenvalue weighted by Gasteiger charge is 2.06. The van der Waals surface area contributed by atoms with Crippen molar-refractivity contribution in [3.05, 3.63) is 41.9 Å². The lowest BCUT2D eigenvalue weighted by atomic mass is 10.2. The smallest absolute Gasteiger partial charge is 0.216 e. The molecule has 1 heterocycles. The second-order valence-corrected chi connectivity index (χ2v) is 3.21. The first kappa shape index (κ1) is 11.3. The number of anilines is 1. The van der Waals surface area contributed by atoms with Crippen molar-refractivity contribution in [3.8, 4) is 12.1 Å². The van der Waals surface area contributed by atoms with E-state index in [4.69, 9.17) is 10.5 Å². The molecular formula is C11H7N7. The van der Waals surface area contributed by atoms with Crippen molar-refractivity contribution >= 4 is 11.3 Å². The van der Waals surface area contributed by atoms with Gasteiger partial charge in [0.2, 0.25) is 5.82 Å². The number of nitriles is 2. The summed E-state index contributed by atoms with van der Waals surface area (Å²) in [5, 5.41) is 33.8. The number of nitrogens with zero attached hydrogens (tertiary/aromatic N) is 5. The Morgan fingerprint density at radius 3 is 2.83 bits per heavy atom. The van der Waals surface area contributed by atoms with Gasteiger partial charge in [-0.2, -0.15) is 15.7 Å². The third kappa shape index (κ3) is 2.31. The molecule has 0 saturated carbocycles. The monoisotopic (exact) mass is 237 g/mol. The molecule has 2 N–H and O–H groups in total. The predicted molar refractivity (Wildman–Crippen MR) is 62.5 cm³/mol. The van der Waals surface area contributed by atoms with Crippen LogP contribution in [-0.2, 0) is 0 Å². The first-order valence-corrected chi connectivity index (χ1v) is 4.95. The number of hydrogen-bond donors (Lipinski definition) is 2. The van der Waals surface area contributed by atoms with Crippen LogP contribution in [0.4, 0.5) is 5.69 Å². The quantitative estimate of drug-likeness (QED) is 0.771. The zero-order valence-corrected chi connectivity index (χ0v) is 9.12. The van der Waals surface area contributed by atoms with E-state index in [9.17, 15) is 0 Å². The van der Waals surface area contributed by atoms with E-state index in [2.05, 4.69) is 25.9 Å². The summed E-state index contributed by atoms with van der Waals surface area (Å²) in [5.74, 6) is 0.194. The van der Waals surface area contributed by atoms with Gasteiger partial charge in [-0.05, 0) is 17.3 Å². The number of benzene rings is 1. The zero-order valence-electron chi connectivity index (χ0n) is 9.12. The van der Waals surface area contributed by atoms with Crippen LogP contribution < -0.4 is 5.32 Å². The molecule has 7 heteroatoms. The van der Waals surface area contributed by atoms with Crippen molar-refractivity contribution in [2.45, 2.75) is 0 Å². The van der Waals surface area contributed by atoms with Gasteiger partial charge in [-0.15, -0.1) is 10.2 Å². The minimum atomic E-state index is 0.194. The molecule has 2 aromatic rings. The first-order chi connectivity index (χ1) is 8.85. The van der Waals surface area contributed by atoms with Crippen LogP contribution in [-0.4, -0.2) is 20.6 Å². The van der Waals surface area contributed by atoms with E-state index in [1.54, 1.807) is 24.3 Å². The van der Waals surface area contributed by atoms with E-state index < -0.39 is 0 Å². The molecule has 0 bridgehead atoms. The molecular weight excluding hydrogens is 230 g/mol. The number of H-pyrrole nitrogens is 1. The van der Waals surface area contributed by atoms with Gasteiger partial charge in [-0.25, -0.2) is 0 Å². The van der Waals surface area contributed by atoms with Crippen LogP contribution in [0.25, 0.3) is 5.57 Å². The molecule has 0 aliphatic heterocycles. The normalized spacial score (nSPS) is 10.4. The van der Waals surface area contributed by atoms with Gasteiger partial charge in [-0.3, -0.25) is 0 Å². The van der Waals surface area contributed by atoms with E-state index in [0.29, 0.717) is 11.3 Å². The van der Waals surface area contributed by atoms with Crippen LogP contribution >= 0.6 is 0 Å². The van der Waals surface area contributed by atoms with E-state index >= 15 is 0 Å². The number of allylic oxidation sites excluding steroid dienone is 1. The highest BCUT2D eigenvalue weighted by molar-refractivity contribution is 5.74. The van der Waals surface area contributed by atoms with Crippen molar-refractivity contribution in [3.63, 3.8) is 0 Å². The second kappa shape index (κ2) is 5.23. The third-order valence-electron chi connectivity index (χ3n) is 2.13. The number of aromatic amines is 1. The number of tetrazole rings is 1. The fourth-order valence-corrected chi connectivity index (χ4v) is 1.28. The van der Waals surface area contributed by atoms with Crippen LogP contribution in [0.15, 0.2) is 30.5 Å². The molecule has 0 fully saturated rings. The van der Waals surface area contributed by atoms with E-state index in [1.165, 1.54) is 6.20 Å². The first-order valence-electron chi connectivity index (χ1n) is 4.95. The average Bonchev–Trinajstić information content (AvgIpc) is 2.94. The standard InChI is InChI=1S/C11H7N7/c12-5-8-3-1-2-4-10(8)14-7-9(6-13)11-15-17-18-16-11/h1-4,7,14H,(H,15,16,17,18). The Balaban J connectivity index is 2.25. The van der Waals surface area contributed by atoms with Crippen LogP contribution in [0.5, 0.6) is 0 Å². The molecule has 86 valence electrons. The Morgan fingerprint density at radius 1 is 1.33 bits per heavy atom. The number of para-hydroxylation sites is 1. The molecule has 0 saturated heterocycles. The van der Waals surface area contributed by atoms with Gasteiger partial charge in [0.05, 0.1) is 11.3 Å². The molecule has 0 unspecified atom stereocenters. The van der Waals surface area contributed by atoms with E-state index in [-0.39, 0.29) is 11.4 Å². The fraction of sp³-hybridized carbons (Fsp3) is 0. The molecule has 7 nitrogen and oxygen atoms in total. The summed E-state index contributed by atoms with van der Waals surface area (Å²) in [7, 11) is 0. The molecule has 0 aliphatic carbocycles. The van der Waals surface area contributed by atoms with Crippen molar-refractivity contribution in [2.75, 3.05) is 5.32 Å². The van der Waals surface area contributed by atoms with Crippen molar-refractivity contribution in [1.82, 2.24) is 20.6 Å². The molecule has 2 rings (SSSR count). The molecule has 0 spiro atoms. The summed E-state index contributed by atoms with van der Waals surface area (Å²) in [6, 6.07) is 11.0. The third-order valence-corrected chi connectivity index (χ3v) is 2.13. The lowest BCUT2D eigenvalue weighted by molar-refractivity contribution is 0.881. The Labute approximate surface area is 102 Å².